The molecule has 3 rings (SSSR count). The number of esters is 2. The fourth-order valence-electron chi connectivity index (χ4n) is 4.57. The molecule has 1 amide bonds. The Morgan fingerprint density at radius 3 is 2.08 bits per heavy atom. The Balaban J connectivity index is 1.80. The maximum Gasteiger partial charge on any atom is 0.329 e. The van der Waals surface area contributed by atoms with E-state index in [2.05, 4.69) is 5.32 Å². The molecule has 3 atom stereocenters. The predicted molar refractivity (Wildman–Crippen MR) is 144 cm³/mol. The second kappa shape index (κ2) is 15.4. The monoisotopic (exact) mass is 558 g/mol. The van der Waals surface area contributed by atoms with Crippen LogP contribution in [0.15, 0.2) is 54.6 Å². The third-order valence-electron chi connectivity index (χ3n) is 6.85. The van der Waals surface area contributed by atoms with Gasteiger partial charge in [0.15, 0.2) is 0 Å². The van der Waals surface area contributed by atoms with Crippen LogP contribution in [0.2, 0.25) is 0 Å². The number of carbonyl (C=O) groups is 3. The van der Waals surface area contributed by atoms with E-state index in [9.17, 15) is 34.8 Å². The molecule has 218 valence electrons. The number of benzene rings is 2. The highest BCUT2D eigenvalue weighted by molar-refractivity contribution is 5.89. The Kier molecular flexibility index (Phi) is 12.0. The molecule has 0 aliphatic carbocycles. The van der Waals surface area contributed by atoms with Crippen molar-refractivity contribution in [3.05, 3.63) is 71.3 Å². The summed E-state index contributed by atoms with van der Waals surface area (Å²) in [6.45, 7) is -0.534. The molecule has 1 aliphatic rings. The number of aliphatic hydroxyl groups excluding tert-OH is 4. The fourth-order valence-corrected chi connectivity index (χ4v) is 4.57. The predicted octanol–water partition coefficient (Wildman–Crippen LogP) is -0.288. The molecular formula is C29H38N2O9. The minimum atomic E-state index is -1.11. The first-order valence-corrected chi connectivity index (χ1v) is 13.3. The second-order valence-electron chi connectivity index (χ2n) is 9.77. The number of amides is 1. The minimum absolute atomic E-state index is 0.125. The number of nitrogens with one attached hydrogen (secondary N) is 1. The highest BCUT2D eigenvalue weighted by Crippen LogP contribution is 2.25. The lowest BCUT2D eigenvalue weighted by molar-refractivity contribution is -0.165. The van der Waals surface area contributed by atoms with E-state index in [0.29, 0.717) is 6.42 Å². The smallest absolute Gasteiger partial charge is 0.329 e. The van der Waals surface area contributed by atoms with E-state index in [1.807, 2.05) is 54.6 Å². The number of aryl methyl sites for hydroxylation is 1. The molecular weight excluding hydrogens is 520 g/mol. The molecule has 2 aromatic carbocycles. The molecule has 11 heteroatoms. The zero-order chi connectivity index (χ0) is 29.1. The Bertz CT molecular complexity index is 1110. The van der Waals surface area contributed by atoms with Gasteiger partial charge in [-0.05, 0) is 36.5 Å². The van der Waals surface area contributed by atoms with Gasteiger partial charge in [-0.25, -0.2) is 4.79 Å². The first-order valence-electron chi connectivity index (χ1n) is 13.3. The quantitative estimate of drug-likeness (QED) is 0.195. The van der Waals surface area contributed by atoms with E-state index >= 15 is 0 Å². The molecule has 0 radical (unpaired) electrons. The van der Waals surface area contributed by atoms with Crippen LogP contribution in [0.3, 0.4) is 0 Å². The lowest BCUT2D eigenvalue weighted by Crippen LogP contribution is -2.57. The average molecular weight is 559 g/mol. The Morgan fingerprint density at radius 1 is 0.875 bits per heavy atom. The van der Waals surface area contributed by atoms with Crippen LogP contribution in [0.4, 0.5) is 0 Å². The van der Waals surface area contributed by atoms with E-state index < -0.39 is 74.6 Å². The van der Waals surface area contributed by atoms with Crippen LogP contribution >= 0.6 is 0 Å². The molecule has 11 nitrogen and oxygen atoms in total. The van der Waals surface area contributed by atoms with Crippen molar-refractivity contribution >= 4 is 17.8 Å². The number of hydrogen-bond acceptors (Lipinski definition) is 10. The summed E-state index contributed by atoms with van der Waals surface area (Å²) in [6.07, 6.45) is -1.26. The van der Waals surface area contributed by atoms with E-state index in [1.165, 1.54) is 4.90 Å². The van der Waals surface area contributed by atoms with Gasteiger partial charge in [-0.2, -0.15) is 0 Å². The molecule has 1 heterocycles. The van der Waals surface area contributed by atoms with Gasteiger partial charge in [0.25, 0.3) is 0 Å². The van der Waals surface area contributed by atoms with E-state index in [-0.39, 0.29) is 19.4 Å². The van der Waals surface area contributed by atoms with Crippen LogP contribution in [0.1, 0.15) is 30.0 Å². The molecule has 0 fully saturated rings. The Labute approximate surface area is 233 Å². The molecule has 0 saturated heterocycles. The number of rotatable bonds is 14. The lowest BCUT2D eigenvalue weighted by atomic mass is 9.93. The zero-order valence-electron chi connectivity index (χ0n) is 22.5. The van der Waals surface area contributed by atoms with Crippen molar-refractivity contribution in [2.75, 3.05) is 26.4 Å². The molecule has 0 unspecified atom stereocenters. The molecule has 0 aromatic heterocycles. The van der Waals surface area contributed by atoms with Crippen molar-refractivity contribution in [3.8, 4) is 0 Å². The second-order valence-corrected chi connectivity index (χ2v) is 9.77. The number of nitrogens with zero attached hydrogens (tertiary/aromatic N) is 1. The van der Waals surface area contributed by atoms with Crippen LogP contribution in [-0.4, -0.2) is 99.9 Å². The van der Waals surface area contributed by atoms with Gasteiger partial charge >= 0.3 is 11.9 Å². The Hall–Kier alpha value is -3.35. The fraction of sp³-hybridized carbons (Fsp3) is 0.483. The number of fused-ring (bicyclic) bond motifs is 1. The molecule has 0 spiro atoms. The lowest BCUT2D eigenvalue weighted by Gasteiger charge is -2.38. The van der Waals surface area contributed by atoms with Crippen LogP contribution in [0, 0.1) is 0 Å². The van der Waals surface area contributed by atoms with Crippen molar-refractivity contribution < 1.29 is 44.3 Å². The van der Waals surface area contributed by atoms with Crippen LogP contribution < -0.4 is 5.32 Å². The van der Waals surface area contributed by atoms with Crippen molar-refractivity contribution in [1.29, 1.82) is 0 Å². The summed E-state index contributed by atoms with van der Waals surface area (Å²) < 4.78 is 10.5. The third kappa shape index (κ3) is 8.33. The number of ether oxygens (including phenoxy) is 2. The molecule has 0 saturated carbocycles. The van der Waals surface area contributed by atoms with Gasteiger partial charge in [0.1, 0.15) is 24.3 Å². The molecule has 0 bridgehead atoms. The summed E-state index contributed by atoms with van der Waals surface area (Å²) in [7, 11) is 0. The summed E-state index contributed by atoms with van der Waals surface area (Å²) >= 11 is 0. The highest BCUT2D eigenvalue weighted by atomic mass is 16.6. The van der Waals surface area contributed by atoms with Crippen molar-refractivity contribution in [3.63, 3.8) is 0 Å². The van der Waals surface area contributed by atoms with Gasteiger partial charge < -0.3 is 34.8 Å². The van der Waals surface area contributed by atoms with Gasteiger partial charge in [0.05, 0.1) is 32.5 Å². The SMILES string of the molecule is C[C@H](N[C@@H](CCc1ccccc1)C(=O)OC(CO)CO)C(=O)N1Cc2ccccc2C[C@H]1C(=O)OC(CO)CO. The molecule has 40 heavy (non-hydrogen) atoms. The normalized spacial score (nSPS) is 16.4. The first kappa shape index (κ1) is 31.2. The number of carbonyl (C=O) groups excluding carboxylic acids is 3. The van der Waals surface area contributed by atoms with Crippen molar-refractivity contribution in [1.82, 2.24) is 10.2 Å². The first-order chi connectivity index (χ1) is 19.3. The van der Waals surface area contributed by atoms with Gasteiger partial charge in [-0.3, -0.25) is 14.9 Å². The average Bonchev–Trinajstić information content (AvgIpc) is 2.99. The number of hydrogen-bond donors (Lipinski definition) is 5. The third-order valence-corrected chi connectivity index (χ3v) is 6.85. The van der Waals surface area contributed by atoms with Gasteiger partial charge in [-0.15, -0.1) is 0 Å². The summed E-state index contributed by atoms with van der Waals surface area (Å²) in [4.78, 5) is 41.2. The molecule has 5 N–H and O–H groups in total. The number of aliphatic hydroxyl groups is 4. The summed E-state index contributed by atoms with van der Waals surface area (Å²) in [5.41, 5.74) is 2.71. The van der Waals surface area contributed by atoms with Crippen LogP contribution in [-0.2, 0) is 43.2 Å². The minimum Gasteiger partial charge on any atom is -0.456 e. The molecule has 1 aliphatic heterocycles. The Morgan fingerprint density at radius 2 is 1.45 bits per heavy atom. The van der Waals surface area contributed by atoms with Gasteiger partial charge in [0, 0.05) is 13.0 Å². The zero-order valence-corrected chi connectivity index (χ0v) is 22.5. The molecule has 2 aromatic rings. The van der Waals surface area contributed by atoms with Gasteiger partial charge in [-0.1, -0.05) is 54.6 Å². The van der Waals surface area contributed by atoms with E-state index in [0.717, 1.165) is 16.7 Å². The standard InChI is InChI=1S/C29H38N2O9/c1-19(30-25(28(37)39-23(15-32)16-33)12-11-20-7-3-2-4-8-20)27(36)31-14-22-10-6-5-9-21(22)13-26(31)29(38)40-24(17-34)18-35/h2-10,19,23-26,30,32-35H,11-18H2,1H3/t19-,25-,26-/m0/s1. The van der Waals surface area contributed by atoms with Crippen molar-refractivity contribution in [2.45, 2.75) is 63.1 Å². The summed E-state index contributed by atoms with van der Waals surface area (Å²) in [6, 6.07) is 14.0. The maximum absolute atomic E-state index is 13.7. The topological polar surface area (TPSA) is 166 Å². The maximum atomic E-state index is 13.7. The van der Waals surface area contributed by atoms with E-state index in [4.69, 9.17) is 9.47 Å². The summed E-state index contributed by atoms with van der Waals surface area (Å²) in [5.74, 6) is -1.94. The van der Waals surface area contributed by atoms with Crippen LogP contribution in [0.25, 0.3) is 0 Å². The van der Waals surface area contributed by atoms with Crippen LogP contribution in [0.5, 0.6) is 0 Å². The van der Waals surface area contributed by atoms with E-state index in [1.54, 1.807) is 6.92 Å². The largest absolute Gasteiger partial charge is 0.456 e. The highest BCUT2D eigenvalue weighted by Gasteiger charge is 2.39. The summed E-state index contributed by atoms with van der Waals surface area (Å²) in [5, 5.41) is 40.5. The van der Waals surface area contributed by atoms with Gasteiger partial charge in [0.2, 0.25) is 5.91 Å². The van der Waals surface area contributed by atoms with Crippen molar-refractivity contribution in [2.24, 2.45) is 0 Å².